The predicted molar refractivity (Wildman–Crippen MR) is 162 cm³/mol. The van der Waals surface area contributed by atoms with Gasteiger partial charge in [0.15, 0.2) is 0 Å². The van der Waals surface area contributed by atoms with E-state index in [-0.39, 0.29) is 58.1 Å². The standard InChI is InChI=1S/C29H45N7O8/c1-20(29(41)42)35(4)27(39)10-13-43-15-16-44-14-11-32-28(40)23(18-25(30)37)33-26(38)9-12-36-22(19-34(3)31-2)17-21-7-5-6-8-24(21)36/h5-8,17,20,23,31H,9-16,18-19H2,1-4H3,(H2,30,37)(H,32,40)(H,33,38)(H,41,42). The van der Waals surface area contributed by atoms with Crippen LogP contribution in [-0.4, -0.2) is 115 Å². The van der Waals surface area contributed by atoms with E-state index in [9.17, 15) is 24.0 Å². The van der Waals surface area contributed by atoms with E-state index in [2.05, 4.69) is 26.7 Å². The molecule has 244 valence electrons. The van der Waals surface area contributed by atoms with Crippen molar-refractivity contribution in [1.82, 2.24) is 30.5 Å². The Morgan fingerprint density at radius 2 is 1.70 bits per heavy atom. The number of benzene rings is 1. The van der Waals surface area contributed by atoms with Gasteiger partial charge in [0.2, 0.25) is 23.6 Å². The number of aliphatic carboxylic acids is 1. The summed E-state index contributed by atoms with van der Waals surface area (Å²) in [4.78, 5) is 61.2. The number of rotatable bonds is 21. The van der Waals surface area contributed by atoms with Gasteiger partial charge in [0.05, 0.1) is 45.8 Å². The molecule has 0 aliphatic heterocycles. The zero-order valence-electron chi connectivity index (χ0n) is 25.8. The Morgan fingerprint density at radius 1 is 1.02 bits per heavy atom. The van der Waals surface area contributed by atoms with Crippen LogP contribution in [0.4, 0.5) is 0 Å². The molecule has 0 fully saturated rings. The number of fused-ring (bicyclic) bond motifs is 1. The van der Waals surface area contributed by atoms with E-state index in [1.165, 1.54) is 14.0 Å². The molecule has 2 atom stereocenters. The summed E-state index contributed by atoms with van der Waals surface area (Å²) in [6.45, 7) is 3.19. The summed E-state index contributed by atoms with van der Waals surface area (Å²) in [5.74, 6) is -3.11. The fourth-order valence-corrected chi connectivity index (χ4v) is 4.28. The van der Waals surface area contributed by atoms with Crippen molar-refractivity contribution < 1.29 is 38.6 Å². The fraction of sp³-hybridized carbons (Fsp3) is 0.552. The van der Waals surface area contributed by atoms with Gasteiger partial charge in [-0.05, 0) is 31.5 Å². The highest BCUT2D eigenvalue weighted by atomic mass is 16.5. The molecule has 1 aromatic heterocycles. The van der Waals surface area contributed by atoms with E-state index < -0.39 is 35.8 Å². The lowest BCUT2D eigenvalue weighted by Gasteiger charge is -2.21. The summed E-state index contributed by atoms with van der Waals surface area (Å²) in [6, 6.07) is 7.90. The van der Waals surface area contributed by atoms with Gasteiger partial charge in [-0.15, -0.1) is 0 Å². The molecule has 0 aliphatic carbocycles. The number of likely N-dealkylation sites (N-methyl/N-ethyl adjacent to an activating group) is 1. The predicted octanol–water partition coefficient (Wildman–Crippen LogP) is -0.571. The largest absolute Gasteiger partial charge is 0.480 e. The number of para-hydroxylation sites is 1. The molecule has 2 rings (SSSR count). The molecule has 0 saturated carbocycles. The van der Waals surface area contributed by atoms with E-state index in [1.807, 2.05) is 43.4 Å². The monoisotopic (exact) mass is 619 g/mol. The Kier molecular flexibility index (Phi) is 15.3. The van der Waals surface area contributed by atoms with Crippen LogP contribution in [0.15, 0.2) is 30.3 Å². The van der Waals surface area contributed by atoms with Crippen molar-refractivity contribution >= 4 is 40.5 Å². The number of amides is 4. The van der Waals surface area contributed by atoms with E-state index in [0.29, 0.717) is 13.1 Å². The Hall–Kier alpha value is -4.05. The molecule has 1 aromatic carbocycles. The molecule has 6 N–H and O–H groups in total. The van der Waals surface area contributed by atoms with Gasteiger partial charge in [-0.25, -0.2) is 9.80 Å². The second-order valence-electron chi connectivity index (χ2n) is 10.3. The molecular formula is C29H45N7O8. The normalized spacial score (nSPS) is 12.6. The van der Waals surface area contributed by atoms with Crippen LogP contribution in [0.3, 0.4) is 0 Å². The first-order valence-electron chi connectivity index (χ1n) is 14.4. The topological polar surface area (TPSA) is 198 Å². The number of aryl methyl sites for hydroxylation is 1. The molecular weight excluding hydrogens is 574 g/mol. The Morgan fingerprint density at radius 3 is 2.36 bits per heavy atom. The number of nitrogens with one attached hydrogen (secondary N) is 3. The van der Waals surface area contributed by atoms with Gasteiger partial charge in [-0.3, -0.25) is 24.6 Å². The van der Waals surface area contributed by atoms with Crippen LogP contribution < -0.4 is 21.8 Å². The highest BCUT2D eigenvalue weighted by Crippen LogP contribution is 2.21. The van der Waals surface area contributed by atoms with Crippen LogP contribution in [0.2, 0.25) is 0 Å². The number of carboxylic acids is 1. The summed E-state index contributed by atoms with van der Waals surface area (Å²) in [5, 5.41) is 17.2. The van der Waals surface area contributed by atoms with Gasteiger partial charge in [0.1, 0.15) is 12.1 Å². The number of ether oxygens (including phenoxy) is 2. The smallest absolute Gasteiger partial charge is 0.326 e. The average Bonchev–Trinajstić information content (AvgIpc) is 3.33. The number of hydrogen-bond acceptors (Lipinski definition) is 9. The van der Waals surface area contributed by atoms with Crippen molar-refractivity contribution in [2.45, 2.75) is 51.4 Å². The number of carbonyl (C=O) groups is 5. The number of nitrogens with two attached hydrogens (primary N) is 1. The van der Waals surface area contributed by atoms with E-state index >= 15 is 0 Å². The Bertz CT molecular complexity index is 1270. The minimum Gasteiger partial charge on any atom is -0.480 e. The molecule has 0 saturated heterocycles. The second kappa shape index (κ2) is 18.6. The van der Waals surface area contributed by atoms with Crippen molar-refractivity contribution in [2.75, 3.05) is 54.1 Å². The lowest BCUT2D eigenvalue weighted by Crippen LogP contribution is -2.49. The zero-order valence-corrected chi connectivity index (χ0v) is 25.8. The minimum atomic E-state index is -1.13. The molecule has 4 amide bonds. The number of carbonyl (C=O) groups excluding carboxylic acids is 4. The molecule has 0 radical (unpaired) electrons. The molecule has 15 nitrogen and oxygen atoms in total. The summed E-state index contributed by atoms with van der Waals surface area (Å²) in [5.41, 5.74) is 10.4. The first kappa shape index (κ1) is 36.1. The number of aromatic nitrogens is 1. The zero-order chi connectivity index (χ0) is 32.6. The number of nitrogens with zero attached hydrogens (tertiary/aromatic N) is 3. The number of hydrogen-bond donors (Lipinski definition) is 5. The molecule has 15 heteroatoms. The number of carboxylic acid groups (broad SMARTS) is 1. The lowest BCUT2D eigenvalue weighted by molar-refractivity contribution is -0.148. The summed E-state index contributed by atoms with van der Waals surface area (Å²) in [6.07, 6.45) is -0.231. The molecule has 0 bridgehead atoms. The van der Waals surface area contributed by atoms with E-state index in [1.54, 1.807) is 0 Å². The molecule has 0 spiro atoms. The van der Waals surface area contributed by atoms with Crippen molar-refractivity contribution in [1.29, 1.82) is 0 Å². The van der Waals surface area contributed by atoms with Gasteiger partial charge < -0.3 is 40.4 Å². The first-order valence-corrected chi connectivity index (χ1v) is 14.4. The fourth-order valence-electron chi connectivity index (χ4n) is 4.28. The van der Waals surface area contributed by atoms with Crippen molar-refractivity contribution in [3.05, 3.63) is 36.0 Å². The van der Waals surface area contributed by atoms with Crippen LogP contribution in [0.1, 0.15) is 31.9 Å². The third-order valence-electron chi connectivity index (χ3n) is 7.01. The van der Waals surface area contributed by atoms with Crippen LogP contribution in [0.5, 0.6) is 0 Å². The lowest BCUT2D eigenvalue weighted by atomic mass is 10.1. The molecule has 0 aliphatic rings. The maximum Gasteiger partial charge on any atom is 0.326 e. The maximum atomic E-state index is 12.8. The minimum absolute atomic E-state index is 0.0357. The van der Waals surface area contributed by atoms with Gasteiger partial charge >= 0.3 is 5.97 Å². The Labute approximate surface area is 257 Å². The number of hydrazine groups is 1. The maximum absolute atomic E-state index is 12.8. The van der Waals surface area contributed by atoms with Crippen LogP contribution in [0.25, 0.3) is 10.9 Å². The Balaban J connectivity index is 1.75. The summed E-state index contributed by atoms with van der Waals surface area (Å²) < 4.78 is 12.8. The quantitative estimate of drug-likeness (QED) is 0.0891. The average molecular weight is 620 g/mol. The highest BCUT2D eigenvalue weighted by Gasteiger charge is 2.23. The van der Waals surface area contributed by atoms with E-state index in [0.717, 1.165) is 21.5 Å². The molecule has 2 aromatic rings. The highest BCUT2D eigenvalue weighted by molar-refractivity contribution is 5.91. The third-order valence-corrected chi connectivity index (χ3v) is 7.01. The molecule has 44 heavy (non-hydrogen) atoms. The van der Waals surface area contributed by atoms with Crippen LogP contribution >= 0.6 is 0 Å². The van der Waals surface area contributed by atoms with Crippen LogP contribution in [-0.2, 0) is 46.5 Å². The van der Waals surface area contributed by atoms with Gasteiger partial charge in [0.25, 0.3) is 0 Å². The van der Waals surface area contributed by atoms with E-state index in [4.69, 9.17) is 20.3 Å². The summed E-state index contributed by atoms with van der Waals surface area (Å²) >= 11 is 0. The third kappa shape index (κ3) is 11.9. The van der Waals surface area contributed by atoms with Crippen molar-refractivity contribution in [2.24, 2.45) is 5.73 Å². The molecule has 1 heterocycles. The second-order valence-corrected chi connectivity index (χ2v) is 10.3. The number of primary amides is 1. The van der Waals surface area contributed by atoms with Gasteiger partial charge in [-0.2, -0.15) is 0 Å². The van der Waals surface area contributed by atoms with Crippen molar-refractivity contribution in [3.8, 4) is 0 Å². The van der Waals surface area contributed by atoms with Gasteiger partial charge in [-0.1, -0.05) is 18.2 Å². The van der Waals surface area contributed by atoms with Gasteiger partial charge in [0, 0.05) is 44.8 Å². The molecule has 2 unspecified atom stereocenters. The van der Waals surface area contributed by atoms with Crippen molar-refractivity contribution in [3.63, 3.8) is 0 Å². The SMILES string of the molecule is CNN(C)Cc1cc2ccccc2n1CCC(=O)NC(CC(N)=O)C(=O)NCCOCCOCCC(=O)N(C)C(C)C(=O)O. The van der Waals surface area contributed by atoms with Crippen LogP contribution in [0, 0.1) is 0 Å². The summed E-state index contributed by atoms with van der Waals surface area (Å²) in [7, 11) is 5.16. The first-order chi connectivity index (χ1) is 20.9.